The number of hydrogen-bond acceptors (Lipinski definition) is 4. The molecule has 0 aliphatic heterocycles. The number of nitrogens with one attached hydrogen (secondary N) is 2. The minimum Gasteiger partial charge on any atom is -0.385 e. The third kappa shape index (κ3) is 9.59. The zero-order valence-corrected chi connectivity index (χ0v) is 28.3. The molecule has 0 aliphatic rings. The van der Waals surface area contributed by atoms with E-state index in [0.29, 0.717) is 23.7 Å². The molecule has 3 rings (SSSR count). The fourth-order valence-corrected chi connectivity index (χ4v) is 5.94. The van der Waals surface area contributed by atoms with Crippen molar-refractivity contribution in [3.63, 3.8) is 0 Å². The number of benzene rings is 2. The van der Waals surface area contributed by atoms with Crippen LogP contribution in [0.2, 0.25) is 0 Å². The van der Waals surface area contributed by atoms with Crippen LogP contribution in [0.5, 0.6) is 0 Å². The van der Waals surface area contributed by atoms with Gasteiger partial charge in [0.25, 0.3) is 0 Å². The second-order valence-corrected chi connectivity index (χ2v) is 13.4. The fraction of sp³-hybridized carbons (Fsp3) is 0.553. The lowest BCUT2D eigenvalue weighted by molar-refractivity contribution is 0.260. The topological polar surface area (TPSA) is 40.2 Å². The molecule has 0 unspecified atom stereocenters. The maximum absolute atomic E-state index is 4.64. The van der Waals surface area contributed by atoms with Crippen LogP contribution in [0.15, 0.2) is 48.7 Å². The zero-order chi connectivity index (χ0) is 30.8. The molecule has 42 heavy (non-hydrogen) atoms. The van der Waals surface area contributed by atoms with Crippen LogP contribution in [0.4, 0.5) is 11.4 Å². The third-order valence-electron chi connectivity index (χ3n) is 8.19. The Morgan fingerprint density at radius 3 is 1.36 bits per heavy atom. The first-order chi connectivity index (χ1) is 20.0. The van der Waals surface area contributed by atoms with Crippen LogP contribution in [0.1, 0.15) is 131 Å². The summed E-state index contributed by atoms with van der Waals surface area (Å²) in [6, 6.07) is 15.7. The molecular formula is C38H58N4. The normalized spacial score (nSPS) is 11.9. The van der Waals surface area contributed by atoms with Crippen LogP contribution >= 0.6 is 0 Å². The maximum Gasteiger partial charge on any atom is 0.0543 e. The van der Waals surface area contributed by atoms with Gasteiger partial charge in [-0.1, -0.05) is 96.8 Å². The van der Waals surface area contributed by atoms with Crippen molar-refractivity contribution in [1.82, 2.24) is 9.88 Å². The molecule has 1 heterocycles. The van der Waals surface area contributed by atoms with Crippen molar-refractivity contribution in [2.75, 3.05) is 36.8 Å². The van der Waals surface area contributed by atoms with Gasteiger partial charge in [0.2, 0.25) is 0 Å². The predicted octanol–water partition coefficient (Wildman–Crippen LogP) is 10.00. The average Bonchev–Trinajstić information content (AvgIpc) is 2.93. The van der Waals surface area contributed by atoms with Gasteiger partial charge in [-0.05, 0) is 84.7 Å². The molecule has 3 aromatic rings. The minimum absolute atomic E-state index is 0.499. The Hall–Kier alpha value is -2.85. The van der Waals surface area contributed by atoms with Gasteiger partial charge in [0.1, 0.15) is 0 Å². The molecule has 230 valence electrons. The van der Waals surface area contributed by atoms with Gasteiger partial charge in [-0.15, -0.1) is 0 Å². The fourth-order valence-electron chi connectivity index (χ4n) is 5.94. The third-order valence-corrected chi connectivity index (χ3v) is 8.19. The second kappa shape index (κ2) is 16.1. The zero-order valence-electron chi connectivity index (χ0n) is 28.3. The predicted molar refractivity (Wildman–Crippen MR) is 184 cm³/mol. The Kier molecular flexibility index (Phi) is 12.9. The Bertz CT molecular complexity index is 1110. The van der Waals surface area contributed by atoms with Crippen LogP contribution in [0.25, 0.3) is 0 Å². The van der Waals surface area contributed by atoms with Gasteiger partial charge >= 0.3 is 0 Å². The molecule has 4 heteroatoms. The summed E-state index contributed by atoms with van der Waals surface area (Å²) in [5, 5.41) is 7.73. The summed E-state index contributed by atoms with van der Waals surface area (Å²) in [5.41, 5.74) is 12.3. The van der Waals surface area contributed by atoms with Gasteiger partial charge in [-0.2, -0.15) is 0 Å². The van der Waals surface area contributed by atoms with Gasteiger partial charge in [0, 0.05) is 50.3 Å². The highest BCUT2D eigenvalue weighted by Gasteiger charge is 2.17. The molecule has 0 atom stereocenters. The number of pyridine rings is 1. The van der Waals surface area contributed by atoms with Gasteiger partial charge in [-0.3, -0.25) is 9.88 Å². The van der Waals surface area contributed by atoms with Crippen LogP contribution in [0, 0.1) is 13.8 Å². The van der Waals surface area contributed by atoms with Gasteiger partial charge in [-0.25, -0.2) is 0 Å². The number of nitrogens with zero attached hydrogens (tertiary/aromatic N) is 2. The smallest absolute Gasteiger partial charge is 0.0543 e. The number of rotatable bonds is 16. The summed E-state index contributed by atoms with van der Waals surface area (Å²) < 4.78 is 0. The van der Waals surface area contributed by atoms with Crippen molar-refractivity contribution < 1.29 is 0 Å². The van der Waals surface area contributed by atoms with Crippen LogP contribution in [0.3, 0.4) is 0 Å². The molecule has 0 bridgehead atoms. The van der Waals surface area contributed by atoms with E-state index in [2.05, 4.69) is 126 Å². The number of anilines is 2. The van der Waals surface area contributed by atoms with Crippen LogP contribution < -0.4 is 10.6 Å². The standard InChI is InChI=1S/C38H58N4/c1-26(2)33-21-30(9)22-34(27(3)4)37(33)40-17-13-19-42(25-32-15-11-12-16-39-32)20-14-18-41-38-35(28(5)6)23-31(10)24-36(38)29(7)8/h11-12,15-16,21-24,26-29,40-41H,13-14,17-20,25H2,1-10H3. The maximum atomic E-state index is 4.64. The Balaban J connectivity index is 1.65. The van der Waals surface area contributed by atoms with Crippen molar-refractivity contribution in [1.29, 1.82) is 0 Å². The summed E-state index contributed by atoms with van der Waals surface area (Å²) in [5.74, 6) is 2.00. The lowest BCUT2D eigenvalue weighted by atomic mass is 9.90. The van der Waals surface area contributed by atoms with Crippen molar-refractivity contribution in [3.8, 4) is 0 Å². The van der Waals surface area contributed by atoms with E-state index in [0.717, 1.165) is 51.3 Å². The number of aromatic nitrogens is 1. The molecule has 0 fully saturated rings. The number of hydrogen-bond donors (Lipinski definition) is 2. The first-order valence-electron chi connectivity index (χ1n) is 16.4. The largest absolute Gasteiger partial charge is 0.385 e. The van der Waals surface area contributed by atoms with E-state index < -0.39 is 0 Å². The van der Waals surface area contributed by atoms with Crippen molar-refractivity contribution in [2.24, 2.45) is 0 Å². The van der Waals surface area contributed by atoms with E-state index in [4.69, 9.17) is 0 Å². The molecule has 2 aromatic carbocycles. The molecule has 0 spiro atoms. The molecule has 0 saturated carbocycles. The van der Waals surface area contributed by atoms with E-state index >= 15 is 0 Å². The summed E-state index contributed by atoms with van der Waals surface area (Å²) in [4.78, 5) is 7.22. The molecule has 1 aromatic heterocycles. The summed E-state index contributed by atoms with van der Waals surface area (Å²) in [6.45, 7) is 27.8. The molecule has 0 radical (unpaired) electrons. The van der Waals surface area contributed by atoms with E-state index in [1.165, 1.54) is 44.8 Å². The average molecular weight is 571 g/mol. The Morgan fingerprint density at radius 2 is 1.02 bits per heavy atom. The first kappa shape index (κ1) is 33.6. The summed E-state index contributed by atoms with van der Waals surface area (Å²) in [7, 11) is 0. The highest BCUT2D eigenvalue weighted by molar-refractivity contribution is 5.62. The second-order valence-electron chi connectivity index (χ2n) is 13.4. The molecular weight excluding hydrogens is 512 g/mol. The van der Waals surface area contributed by atoms with Crippen LogP contribution in [-0.2, 0) is 6.54 Å². The lowest BCUT2D eigenvalue weighted by Crippen LogP contribution is -2.29. The van der Waals surface area contributed by atoms with Crippen molar-refractivity contribution >= 4 is 11.4 Å². The molecule has 0 saturated heterocycles. The summed E-state index contributed by atoms with van der Waals surface area (Å²) in [6.07, 6.45) is 4.10. The minimum atomic E-state index is 0.499. The SMILES string of the molecule is Cc1cc(C(C)C)c(NCCCN(CCCNc2c(C(C)C)cc(C)cc2C(C)C)Cc2ccccn2)c(C(C)C)c1. The van der Waals surface area contributed by atoms with E-state index in [9.17, 15) is 0 Å². The lowest BCUT2D eigenvalue weighted by Gasteiger charge is -2.25. The van der Waals surface area contributed by atoms with E-state index in [1.807, 2.05) is 12.3 Å². The van der Waals surface area contributed by atoms with Gasteiger partial charge in [0.05, 0.1) is 5.69 Å². The van der Waals surface area contributed by atoms with Gasteiger partial charge < -0.3 is 10.6 Å². The highest BCUT2D eigenvalue weighted by atomic mass is 15.1. The highest BCUT2D eigenvalue weighted by Crippen LogP contribution is 2.35. The van der Waals surface area contributed by atoms with Crippen molar-refractivity contribution in [3.05, 3.63) is 87.7 Å². The molecule has 0 amide bonds. The number of aryl methyl sites for hydroxylation is 2. The quantitative estimate of drug-likeness (QED) is 0.168. The van der Waals surface area contributed by atoms with E-state index in [1.54, 1.807) is 0 Å². The van der Waals surface area contributed by atoms with E-state index in [-0.39, 0.29) is 0 Å². The monoisotopic (exact) mass is 570 g/mol. The Labute approximate surface area is 257 Å². The first-order valence-corrected chi connectivity index (χ1v) is 16.4. The Morgan fingerprint density at radius 1 is 0.619 bits per heavy atom. The molecule has 4 nitrogen and oxygen atoms in total. The molecule has 0 aliphatic carbocycles. The summed E-state index contributed by atoms with van der Waals surface area (Å²) >= 11 is 0. The molecule has 2 N–H and O–H groups in total. The van der Waals surface area contributed by atoms with Crippen LogP contribution in [-0.4, -0.2) is 36.1 Å². The van der Waals surface area contributed by atoms with Crippen molar-refractivity contribution in [2.45, 2.75) is 112 Å². The van der Waals surface area contributed by atoms with Gasteiger partial charge in [0.15, 0.2) is 0 Å².